The van der Waals surface area contributed by atoms with Crippen LogP contribution in [0.25, 0.3) is 42.2 Å². The SMILES string of the molecule is C[N+](C)(C)CCSC1=C(SCC[N+](C)(C)C)c2nc1nc1nc(nc3[nH]c(nc4[nH]c(n2)c(SCC[N+](C)(C)C)c4SCC[N+](C)(C)C)c(SCC[N+](C)(C)C)c3SCC[N+](C)(C)C)C(SCC[N+](C)(C)C)=C1SCC[N+](C)(C)C. The minimum absolute atomic E-state index is 0.679. The highest BCUT2D eigenvalue weighted by Gasteiger charge is 2.31. The number of fused-ring (bicyclic) bond motifs is 8. The molecule has 2 N–H and O–H groups in total. The molecule has 0 radical (unpaired) electrons. The normalized spacial score (nSPS) is 14.6. The molecule has 5 heterocycles. The molecular weight excluding hydrogens is 1150 g/mol. The van der Waals surface area contributed by atoms with Crippen LogP contribution >= 0.6 is 94.1 Å². The predicted molar refractivity (Wildman–Crippen MR) is 362 cm³/mol. The molecule has 5 rings (SSSR count). The molecule has 0 amide bonds. The van der Waals surface area contributed by atoms with Gasteiger partial charge in [-0.1, -0.05) is 0 Å². The molecule has 450 valence electrons. The van der Waals surface area contributed by atoms with Crippen LogP contribution in [0.1, 0.15) is 23.3 Å². The Balaban J connectivity index is 2.06. The number of quaternary nitrogens is 8. The Kier molecular flexibility index (Phi) is 24.8. The average Bonchev–Trinajstić information content (AvgIpc) is 3.95. The zero-order valence-electron chi connectivity index (χ0n) is 53.8. The number of rotatable bonds is 32. The van der Waals surface area contributed by atoms with Crippen molar-refractivity contribution in [2.75, 3.05) is 268 Å². The van der Waals surface area contributed by atoms with Crippen LogP contribution in [0, 0.1) is 0 Å². The minimum Gasteiger partial charge on any atom is -0.330 e. The van der Waals surface area contributed by atoms with Crippen molar-refractivity contribution in [2.24, 2.45) is 0 Å². The standard InChI is InChI=1S/C56H106N16S8/c1-65(2,3)25-33-73-41-42(74-34-26-66(4,5)6)50-57-49(41)61-51-43(75-35-27-67(7,8)9)44(76-36-28-68(10,11)12)53(58-51)63-55-47(79-39-31-71(19,20)21)48(80-40-32-72(22,23)24)56(60-55)64-54-46(78-38-30-70(16,17)18)45(52(59-54)62-50)77-37-29-69(13,14)15/h25-40H2,1-24H3,(H2,57,58,59,60,61,62,63,64)/q+8. The van der Waals surface area contributed by atoms with Crippen molar-refractivity contribution in [3.63, 3.8) is 0 Å². The summed E-state index contributed by atoms with van der Waals surface area (Å²) in [6, 6.07) is 0. The van der Waals surface area contributed by atoms with Gasteiger partial charge in [-0.05, 0) is 0 Å². The second-order valence-electron chi connectivity index (χ2n) is 29.1. The lowest BCUT2D eigenvalue weighted by Gasteiger charge is -2.24. The molecule has 16 nitrogen and oxygen atoms in total. The molecule has 2 aliphatic rings. The van der Waals surface area contributed by atoms with Crippen LogP contribution < -0.4 is 0 Å². The summed E-state index contributed by atoms with van der Waals surface area (Å²) < 4.78 is 6.88. The summed E-state index contributed by atoms with van der Waals surface area (Å²) in [5.74, 6) is 10.0. The molecule has 0 saturated carbocycles. The van der Waals surface area contributed by atoms with Crippen LogP contribution in [0.2, 0.25) is 0 Å². The maximum Gasteiger partial charge on any atom is 0.171 e. The third-order valence-corrected chi connectivity index (χ3v) is 21.4. The van der Waals surface area contributed by atoms with E-state index in [2.05, 4.69) is 179 Å². The molecule has 0 aromatic carbocycles. The number of hydrogen-bond donors (Lipinski definition) is 2. The lowest BCUT2D eigenvalue weighted by atomic mass is 10.4. The first kappa shape index (κ1) is 69.6. The van der Waals surface area contributed by atoms with Crippen LogP contribution in [0.3, 0.4) is 0 Å². The third-order valence-electron chi connectivity index (χ3n) is 12.3. The van der Waals surface area contributed by atoms with Gasteiger partial charge in [-0.15, -0.1) is 94.1 Å². The van der Waals surface area contributed by atoms with Gasteiger partial charge in [-0.25, -0.2) is 29.9 Å². The minimum atomic E-state index is 0.679. The number of nitrogens with one attached hydrogen (secondary N) is 2. The maximum absolute atomic E-state index is 5.79. The van der Waals surface area contributed by atoms with Crippen molar-refractivity contribution in [3.05, 3.63) is 23.3 Å². The van der Waals surface area contributed by atoms with E-state index in [1.54, 1.807) is 0 Å². The molecule has 8 bridgehead atoms. The van der Waals surface area contributed by atoms with E-state index in [1.165, 1.54) is 0 Å². The monoisotopic (exact) mass is 1260 g/mol. The summed E-state index contributed by atoms with van der Waals surface area (Å²) in [4.78, 5) is 50.8. The Morgan fingerprint density at radius 3 is 0.575 bits per heavy atom. The second-order valence-corrected chi connectivity index (χ2v) is 38.0. The van der Waals surface area contributed by atoms with E-state index < -0.39 is 0 Å². The predicted octanol–water partition coefficient (Wildman–Crippen LogP) is 8.50. The van der Waals surface area contributed by atoms with Crippen molar-refractivity contribution in [2.45, 2.75) is 19.6 Å². The van der Waals surface area contributed by atoms with Crippen LogP contribution in [0.15, 0.2) is 19.6 Å². The van der Waals surface area contributed by atoms with Crippen molar-refractivity contribution in [1.29, 1.82) is 0 Å². The van der Waals surface area contributed by atoms with Crippen LogP contribution in [0.4, 0.5) is 0 Å². The molecule has 2 aliphatic heterocycles. The molecule has 80 heavy (non-hydrogen) atoms. The van der Waals surface area contributed by atoms with Gasteiger partial charge in [0.25, 0.3) is 0 Å². The van der Waals surface area contributed by atoms with Gasteiger partial charge in [0, 0.05) is 46.0 Å². The van der Waals surface area contributed by atoms with E-state index >= 15 is 0 Å². The number of aromatic amines is 2. The molecule has 24 heteroatoms. The quantitative estimate of drug-likeness (QED) is 0.0461. The zero-order valence-corrected chi connectivity index (χ0v) is 60.4. The molecule has 3 aromatic heterocycles. The van der Waals surface area contributed by atoms with Gasteiger partial charge in [0.15, 0.2) is 23.3 Å². The number of hydrogen-bond acceptors (Lipinski definition) is 14. The van der Waals surface area contributed by atoms with Gasteiger partial charge < -0.3 is 45.8 Å². The van der Waals surface area contributed by atoms with Crippen molar-refractivity contribution in [3.8, 4) is 0 Å². The second kappa shape index (κ2) is 28.5. The van der Waals surface area contributed by atoms with Crippen LogP contribution in [0.5, 0.6) is 0 Å². The van der Waals surface area contributed by atoms with Gasteiger partial charge in [-0.2, -0.15) is 0 Å². The fourth-order valence-corrected chi connectivity index (χ4v) is 18.9. The Morgan fingerprint density at radius 2 is 0.388 bits per heavy atom. The van der Waals surface area contributed by atoms with Crippen molar-refractivity contribution < 1.29 is 35.9 Å². The maximum atomic E-state index is 5.79. The van der Waals surface area contributed by atoms with Gasteiger partial charge in [-0.3, -0.25) is 0 Å². The van der Waals surface area contributed by atoms with Gasteiger partial charge in [0.1, 0.15) is 22.6 Å². The Morgan fingerprint density at radius 1 is 0.225 bits per heavy atom. The molecule has 3 aromatic rings. The molecule has 0 aliphatic carbocycles. The smallest absolute Gasteiger partial charge is 0.171 e. The van der Waals surface area contributed by atoms with E-state index in [4.69, 9.17) is 29.9 Å². The number of thioether (sulfide) groups is 8. The highest BCUT2D eigenvalue weighted by molar-refractivity contribution is 8.14. The molecule has 0 fully saturated rings. The van der Waals surface area contributed by atoms with Crippen LogP contribution in [-0.4, -0.2) is 343 Å². The van der Waals surface area contributed by atoms with E-state index in [-0.39, 0.29) is 0 Å². The van der Waals surface area contributed by atoms with Gasteiger partial charge >= 0.3 is 0 Å². The van der Waals surface area contributed by atoms with Gasteiger partial charge in [0.2, 0.25) is 0 Å². The Hall–Kier alpha value is -1.20. The van der Waals surface area contributed by atoms with E-state index in [0.29, 0.717) is 23.3 Å². The highest BCUT2D eigenvalue weighted by atomic mass is 32.2. The summed E-state index contributed by atoms with van der Waals surface area (Å²) in [5.41, 5.74) is 3.22. The first-order chi connectivity index (χ1) is 36.6. The number of aromatic nitrogens is 8. The summed E-state index contributed by atoms with van der Waals surface area (Å²) >= 11 is 15.0. The Labute approximate surface area is 518 Å². The summed E-state index contributed by atoms with van der Waals surface area (Å²) in [6.07, 6.45) is 0. The topological polar surface area (TPSA) is 109 Å². The molecule has 0 unspecified atom stereocenters. The first-order valence-corrected chi connectivity index (χ1v) is 35.8. The summed E-state index contributed by atoms with van der Waals surface area (Å²) in [5, 5.41) is 0. The lowest BCUT2D eigenvalue weighted by Crippen LogP contribution is -2.36. The molecule has 0 atom stereocenters. The fraction of sp³-hybridized carbons (Fsp3) is 0.714. The number of nitrogens with zero attached hydrogens (tertiary/aromatic N) is 14. The van der Waals surface area contributed by atoms with Crippen molar-refractivity contribution in [1.82, 2.24) is 39.9 Å². The molecular formula is C56H106N16S8+8. The average molecular weight is 1260 g/mol. The van der Waals surface area contributed by atoms with Crippen molar-refractivity contribution >= 4 is 136 Å². The third kappa shape index (κ3) is 24.3. The van der Waals surface area contributed by atoms with Gasteiger partial charge in [0.05, 0.1) is 261 Å². The van der Waals surface area contributed by atoms with E-state index in [0.717, 1.165) is 196 Å². The largest absolute Gasteiger partial charge is 0.330 e. The molecule has 0 spiro atoms. The summed E-state index contributed by atoms with van der Waals surface area (Å²) in [7, 11) is 54.5. The first-order valence-electron chi connectivity index (χ1n) is 27.9. The van der Waals surface area contributed by atoms with E-state index in [9.17, 15) is 0 Å². The Bertz CT molecular complexity index is 2600. The van der Waals surface area contributed by atoms with Crippen LogP contribution in [-0.2, 0) is 0 Å². The molecule has 0 saturated heterocycles. The highest BCUT2D eigenvalue weighted by Crippen LogP contribution is 2.47. The fourth-order valence-electron chi connectivity index (χ4n) is 7.16. The lowest BCUT2D eigenvalue weighted by molar-refractivity contribution is -0.867. The number of H-pyrrole nitrogens is 2. The van der Waals surface area contributed by atoms with E-state index in [1.807, 2.05) is 94.1 Å². The zero-order chi connectivity index (χ0) is 59.9. The summed E-state index contributed by atoms with van der Waals surface area (Å²) in [6.45, 7) is 7.88.